The molecule has 0 spiro atoms. The van der Waals surface area contributed by atoms with Crippen molar-refractivity contribution in [2.45, 2.75) is 58.2 Å². The van der Waals surface area contributed by atoms with Gasteiger partial charge in [-0.25, -0.2) is 0 Å². The molecular formula is C26H31ClF3N3O2. The zero-order valence-electron chi connectivity index (χ0n) is 19.8. The third-order valence-electron chi connectivity index (χ3n) is 6.29. The Labute approximate surface area is 209 Å². The SMILES string of the molecule is CCN(CCc1ccc(Cl)c(NCc2ccc(NC(=O)C3CCCCC3)cc2)c1)C(=O)C(F)(F)F. The van der Waals surface area contributed by atoms with Crippen LogP contribution in [-0.2, 0) is 22.6 Å². The van der Waals surface area contributed by atoms with Crippen LogP contribution in [0.1, 0.15) is 50.2 Å². The molecule has 0 atom stereocenters. The van der Waals surface area contributed by atoms with E-state index in [2.05, 4.69) is 10.6 Å². The summed E-state index contributed by atoms with van der Waals surface area (Å²) < 4.78 is 38.2. The molecule has 0 bridgehead atoms. The number of nitrogens with zero attached hydrogens (tertiary/aromatic N) is 1. The van der Waals surface area contributed by atoms with Gasteiger partial charge in [-0.05, 0) is 61.6 Å². The average Bonchev–Trinajstić information content (AvgIpc) is 2.85. The number of halogens is 4. The van der Waals surface area contributed by atoms with Gasteiger partial charge in [-0.15, -0.1) is 0 Å². The lowest BCUT2D eigenvalue weighted by atomic mass is 9.88. The molecule has 5 nitrogen and oxygen atoms in total. The summed E-state index contributed by atoms with van der Waals surface area (Å²) in [5, 5.41) is 6.74. The van der Waals surface area contributed by atoms with Crippen LogP contribution in [0.5, 0.6) is 0 Å². The van der Waals surface area contributed by atoms with Gasteiger partial charge in [-0.3, -0.25) is 9.59 Å². The summed E-state index contributed by atoms with van der Waals surface area (Å²) >= 11 is 6.30. The van der Waals surface area contributed by atoms with Gasteiger partial charge < -0.3 is 15.5 Å². The molecule has 0 unspecified atom stereocenters. The number of rotatable bonds is 9. The van der Waals surface area contributed by atoms with E-state index in [0.717, 1.165) is 47.4 Å². The first-order valence-electron chi connectivity index (χ1n) is 12.0. The summed E-state index contributed by atoms with van der Waals surface area (Å²) in [6.45, 7) is 1.94. The summed E-state index contributed by atoms with van der Waals surface area (Å²) in [4.78, 5) is 24.7. The minimum Gasteiger partial charge on any atom is -0.380 e. The molecule has 0 saturated heterocycles. The molecule has 1 fully saturated rings. The van der Waals surface area contributed by atoms with Crippen molar-refractivity contribution >= 4 is 34.8 Å². The molecule has 1 aliphatic rings. The van der Waals surface area contributed by atoms with E-state index in [1.165, 1.54) is 13.3 Å². The number of hydrogen-bond acceptors (Lipinski definition) is 3. The van der Waals surface area contributed by atoms with Gasteiger partial charge in [0, 0.05) is 31.2 Å². The highest BCUT2D eigenvalue weighted by atomic mass is 35.5. The van der Waals surface area contributed by atoms with Crippen molar-refractivity contribution in [3.8, 4) is 0 Å². The fourth-order valence-corrected chi connectivity index (χ4v) is 4.41. The predicted molar refractivity (Wildman–Crippen MR) is 132 cm³/mol. The highest BCUT2D eigenvalue weighted by Crippen LogP contribution is 2.26. The Hall–Kier alpha value is -2.74. The van der Waals surface area contributed by atoms with Gasteiger partial charge >= 0.3 is 12.1 Å². The Morgan fingerprint density at radius 3 is 2.31 bits per heavy atom. The van der Waals surface area contributed by atoms with Crippen LogP contribution in [0.3, 0.4) is 0 Å². The third kappa shape index (κ3) is 7.88. The number of nitrogens with one attached hydrogen (secondary N) is 2. The normalized spacial score (nSPS) is 14.4. The molecular weight excluding hydrogens is 479 g/mol. The first kappa shape index (κ1) is 26.9. The second-order valence-corrected chi connectivity index (χ2v) is 9.23. The fraction of sp³-hybridized carbons (Fsp3) is 0.462. The Morgan fingerprint density at radius 2 is 1.69 bits per heavy atom. The van der Waals surface area contributed by atoms with E-state index < -0.39 is 12.1 Å². The van der Waals surface area contributed by atoms with Gasteiger partial charge in [0.2, 0.25) is 5.91 Å². The first-order chi connectivity index (χ1) is 16.7. The van der Waals surface area contributed by atoms with Crippen molar-refractivity contribution < 1.29 is 22.8 Å². The number of amides is 2. The first-order valence-corrected chi connectivity index (χ1v) is 12.3. The van der Waals surface area contributed by atoms with Crippen LogP contribution in [0.4, 0.5) is 24.5 Å². The van der Waals surface area contributed by atoms with Crippen LogP contribution in [-0.4, -0.2) is 36.0 Å². The molecule has 1 aliphatic carbocycles. The quantitative estimate of drug-likeness (QED) is 0.410. The van der Waals surface area contributed by atoms with Gasteiger partial charge in [0.15, 0.2) is 0 Å². The van der Waals surface area contributed by atoms with Crippen molar-refractivity contribution in [1.82, 2.24) is 4.90 Å². The lowest BCUT2D eigenvalue weighted by molar-refractivity contribution is -0.185. The van der Waals surface area contributed by atoms with Crippen molar-refractivity contribution in [1.29, 1.82) is 0 Å². The lowest BCUT2D eigenvalue weighted by Gasteiger charge is -2.22. The van der Waals surface area contributed by atoms with Crippen molar-refractivity contribution in [2.24, 2.45) is 5.92 Å². The molecule has 190 valence electrons. The van der Waals surface area contributed by atoms with Crippen molar-refractivity contribution in [2.75, 3.05) is 23.7 Å². The molecule has 0 aromatic heterocycles. The summed E-state index contributed by atoms with van der Waals surface area (Å²) in [6, 6.07) is 12.8. The molecule has 2 N–H and O–H groups in total. The Balaban J connectivity index is 1.54. The van der Waals surface area contributed by atoms with Crippen LogP contribution in [0, 0.1) is 5.92 Å². The van der Waals surface area contributed by atoms with E-state index in [9.17, 15) is 22.8 Å². The van der Waals surface area contributed by atoms with Crippen LogP contribution in [0.25, 0.3) is 0 Å². The van der Waals surface area contributed by atoms with Crippen LogP contribution < -0.4 is 10.6 Å². The second kappa shape index (κ2) is 12.3. The molecule has 0 heterocycles. The zero-order chi connectivity index (χ0) is 25.4. The third-order valence-corrected chi connectivity index (χ3v) is 6.62. The van der Waals surface area contributed by atoms with E-state index in [1.54, 1.807) is 18.2 Å². The molecule has 0 aliphatic heterocycles. The van der Waals surface area contributed by atoms with Gasteiger partial charge in [0.1, 0.15) is 0 Å². The predicted octanol–water partition coefficient (Wildman–Crippen LogP) is 6.42. The van der Waals surface area contributed by atoms with Gasteiger partial charge in [0.25, 0.3) is 0 Å². The van der Waals surface area contributed by atoms with Crippen molar-refractivity contribution in [3.05, 3.63) is 58.6 Å². The summed E-state index contributed by atoms with van der Waals surface area (Å²) in [6.07, 6.45) is 0.705. The molecule has 2 amide bonds. The number of hydrogen-bond donors (Lipinski definition) is 2. The molecule has 3 rings (SSSR count). The monoisotopic (exact) mass is 509 g/mol. The van der Waals surface area contributed by atoms with Gasteiger partial charge in [-0.1, -0.05) is 49.1 Å². The number of carbonyl (C=O) groups excluding carboxylic acids is 2. The summed E-state index contributed by atoms with van der Waals surface area (Å²) in [5.74, 6) is -1.65. The Bertz CT molecular complexity index is 1010. The molecule has 0 radical (unpaired) electrons. The van der Waals surface area contributed by atoms with Crippen LogP contribution in [0.15, 0.2) is 42.5 Å². The molecule has 1 saturated carbocycles. The zero-order valence-corrected chi connectivity index (χ0v) is 20.5. The minimum absolute atomic E-state index is 0.0197. The van der Waals surface area contributed by atoms with E-state index in [0.29, 0.717) is 17.3 Å². The molecule has 2 aromatic carbocycles. The number of benzene rings is 2. The second-order valence-electron chi connectivity index (χ2n) is 8.82. The number of alkyl halides is 3. The van der Waals surface area contributed by atoms with Gasteiger partial charge in [-0.2, -0.15) is 13.2 Å². The van der Waals surface area contributed by atoms with Crippen LogP contribution >= 0.6 is 11.6 Å². The largest absolute Gasteiger partial charge is 0.471 e. The highest BCUT2D eigenvalue weighted by molar-refractivity contribution is 6.33. The van der Waals surface area contributed by atoms with E-state index in [-0.39, 0.29) is 31.3 Å². The van der Waals surface area contributed by atoms with Crippen molar-refractivity contribution in [3.63, 3.8) is 0 Å². The number of anilines is 2. The number of likely N-dealkylation sites (N-methyl/N-ethyl adjacent to an activating group) is 1. The smallest absolute Gasteiger partial charge is 0.380 e. The van der Waals surface area contributed by atoms with E-state index >= 15 is 0 Å². The molecule has 35 heavy (non-hydrogen) atoms. The molecule has 2 aromatic rings. The number of carbonyl (C=O) groups is 2. The Kier molecular flexibility index (Phi) is 9.43. The molecule has 9 heteroatoms. The maximum Gasteiger partial charge on any atom is 0.471 e. The maximum atomic E-state index is 12.7. The standard InChI is InChI=1S/C26H31ClF3N3O2/c1-2-33(25(35)26(28,29)30)15-14-18-10-13-22(27)23(16-18)31-17-19-8-11-21(12-9-19)32-24(34)20-6-4-3-5-7-20/h8-13,16,20,31H,2-7,14-15,17H2,1H3,(H,32,34). The summed E-state index contributed by atoms with van der Waals surface area (Å²) in [5.41, 5.74) is 3.17. The lowest BCUT2D eigenvalue weighted by Crippen LogP contribution is -2.42. The van der Waals surface area contributed by atoms with E-state index in [1.807, 2.05) is 24.3 Å². The minimum atomic E-state index is -4.88. The maximum absolute atomic E-state index is 12.7. The topological polar surface area (TPSA) is 61.4 Å². The van der Waals surface area contributed by atoms with Crippen LogP contribution in [0.2, 0.25) is 5.02 Å². The Morgan fingerprint density at radius 1 is 1.03 bits per heavy atom. The highest BCUT2D eigenvalue weighted by Gasteiger charge is 2.41. The van der Waals surface area contributed by atoms with Gasteiger partial charge in [0.05, 0.1) is 10.7 Å². The fourth-order valence-electron chi connectivity index (χ4n) is 4.22. The summed E-state index contributed by atoms with van der Waals surface area (Å²) in [7, 11) is 0. The van der Waals surface area contributed by atoms with E-state index in [4.69, 9.17) is 11.6 Å². The average molecular weight is 510 g/mol.